The van der Waals surface area contributed by atoms with Gasteiger partial charge in [-0.25, -0.2) is 13.1 Å². The van der Waals surface area contributed by atoms with Gasteiger partial charge in [0.1, 0.15) is 5.75 Å². The molecule has 0 bridgehead atoms. The number of carbonyl (C=O) groups is 1. The molecule has 128 valence electrons. The molecule has 0 aliphatic heterocycles. The molecule has 1 rings (SSSR count). The Balaban J connectivity index is 2.77. The van der Waals surface area contributed by atoms with Gasteiger partial charge < -0.3 is 14.6 Å². The number of nitrogens with two attached hydrogens (primary N) is 2. The molecule has 23 heavy (non-hydrogen) atoms. The van der Waals surface area contributed by atoms with Crippen LogP contribution in [0.2, 0.25) is 0 Å². The minimum atomic E-state index is -3.98. The van der Waals surface area contributed by atoms with E-state index in [1.165, 1.54) is 31.4 Å². The first-order valence-electron chi connectivity index (χ1n) is 6.75. The number of nitrogens with one attached hydrogen (secondary N) is 2. The Morgan fingerprint density at radius 3 is 2.43 bits per heavy atom. The largest absolute Gasteiger partial charge is 0.548 e. The SMILES string of the molecule is COc1ccc(S(=O)(=O)N[C@@H](CCC[NH+]=C(N)N)C(=O)[O-])cc1. The summed E-state index contributed by atoms with van der Waals surface area (Å²) in [4.78, 5) is 13.7. The van der Waals surface area contributed by atoms with Crippen molar-refractivity contribution >= 4 is 22.0 Å². The first kappa shape index (κ1) is 18.7. The van der Waals surface area contributed by atoms with E-state index in [1.54, 1.807) is 0 Å². The number of hydrogen-bond acceptors (Lipinski definition) is 5. The van der Waals surface area contributed by atoms with Crippen molar-refractivity contribution in [2.45, 2.75) is 23.8 Å². The van der Waals surface area contributed by atoms with Crippen LogP contribution in [0.4, 0.5) is 0 Å². The van der Waals surface area contributed by atoms with E-state index >= 15 is 0 Å². The third kappa shape index (κ3) is 6.12. The van der Waals surface area contributed by atoms with Crippen LogP contribution in [0.5, 0.6) is 5.75 Å². The minimum Gasteiger partial charge on any atom is -0.548 e. The zero-order valence-electron chi connectivity index (χ0n) is 12.6. The molecule has 0 heterocycles. The number of carboxylic acids is 1. The molecule has 0 aliphatic carbocycles. The van der Waals surface area contributed by atoms with Crippen LogP contribution in [0.3, 0.4) is 0 Å². The van der Waals surface area contributed by atoms with E-state index in [1.807, 2.05) is 0 Å². The second-order valence-electron chi connectivity index (χ2n) is 4.69. The predicted octanol–water partition coefficient (Wildman–Crippen LogP) is -3.77. The van der Waals surface area contributed by atoms with Gasteiger partial charge in [0.15, 0.2) is 0 Å². The molecule has 0 aromatic heterocycles. The predicted molar refractivity (Wildman–Crippen MR) is 80.6 cm³/mol. The second kappa shape index (κ2) is 8.34. The van der Waals surface area contributed by atoms with Gasteiger partial charge in [0.05, 0.1) is 30.6 Å². The fourth-order valence-corrected chi connectivity index (χ4v) is 2.99. The Hall–Kier alpha value is -2.33. The summed E-state index contributed by atoms with van der Waals surface area (Å²) in [6, 6.07) is 4.21. The summed E-state index contributed by atoms with van der Waals surface area (Å²) in [5.41, 5.74) is 10.4. The molecule has 0 aliphatic rings. The van der Waals surface area contributed by atoms with Crippen molar-refractivity contribution in [1.29, 1.82) is 0 Å². The van der Waals surface area contributed by atoms with Crippen molar-refractivity contribution < 1.29 is 28.0 Å². The van der Waals surface area contributed by atoms with Crippen molar-refractivity contribution in [1.82, 2.24) is 4.72 Å². The van der Waals surface area contributed by atoms with Gasteiger partial charge in [0.2, 0.25) is 10.0 Å². The topological polar surface area (TPSA) is 162 Å². The molecule has 0 unspecified atom stereocenters. The van der Waals surface area contributed by atoms with Gasteiger partial charge in [-0.15, -0.1) is 0 Å². The Kier molecular flexibility index (Phi) is 6.79. The van der Waals surface area contributed by atoms with E-state index in [0.29, 0.717) is 18.7 Å². The van der Waals surface area contributed by atoms with Gasteiger partial charge in [-0.05, 0) is 37.1 Å². The van der Waals surface area contributed by atoms with Crippen molar-refractivity contribution in [3.8, 4) is 5.75 Å². The van der Waals surface area contributed by atoms with Crippen molar-refractivity contribution in [3.63, 3.8) is 0 Å². The van der Waals surface area contributed by atoms with E-state index in [2.05, 4.69) is 9.71 Å². The van der Waals surface area contributed by atoms with Crippen LogP contribution >= 0.6 is 0 Å². The lowest BCUT2D eigenvalue weighted by atomic mass is 10.2. The zero-order chi connectivity index (χ0) is 17.5. The third-order valence-corrected chi connectivity index (χ3v) is 4.44. The van der Waals surface area contributed by atoms with E-state index < -0.39 is 22.0 Å². The molecule has 0 amide bonds. The second-order valence-corrected chi connectivity index (χ2v) is 6.41. The van der Waals surface area contributed by atoms with Crippen LogP contribution in [-0.4, -0.2) is 40.0 Å². The number of carbonyl (C=O) groups excluding carboxylic acids is 1. The molecule has 1 atom stereocenters. The number of hydrogen-bond donors (Lipinski definition) is 4. The Bertz CT molecular complexity index is 653. The summed E-state index contributed by atoms with van der Waals surface area (Å²) in [7, 11) is -2.53. The first-order valence-corrected chi connectivity index (χ1v) is 8.23. The van der Waals surface area contributed by atoms with E-state index in [4.69, 9.17) is 16.2 Å². The van der Waals surface area contributed by atoms with Crippen LogP contribution in [-0.2, 0) is 14.8 Å². The molecule has 0 spiro atoms. The number of methoxy groups -OCH3 is 1. The molecule has 6 N–H and O–H groups in total. The van der Waals surface area contributed by atoms with Gasteiger partial charge in [0.25, 0.3) is 0 Å². The van der Waals surface area contributed by atoms with Crippen molar-refractivity contribution in [2.24, 2.45) is 11.5 Å². The molecule has 10 heteroatoms. The lowest BCUT2D eigenvalue weighted by Gasteiger charge is -2.19. The molecule has 9 nitrogen and oxygen atoms in total. The Morgan fingerprint density at radius 1 is 1.35 bits per heavy atom. The Morgan fingerprint density at radius 2 is 1.96 bits per heavy atom. The number of guanidine groups is 1. The van der Waals surface area contributed by atoms with Crippen molar-refractivity contribution in [2.75, 3.05) is 13.7 Å². The highest BCUT2D eigenvalue weighted by molar-refractivity contribution is 7.89. The summed E-state index contributed by atoms with van der Waals surface area (Å²) < 4.78 is 31.4. The molecule has 0 fully saturated rings. The van der Waals surface area contributed by atoms with Crippen LogP contribution in [0.15, 0.2) is 29.2 Å². The fourth-order valence-electron chi connectivity index (χ4n) is 1.77. The molecular weight excluding hydrogens is 324 g/mol. The highest BCUT2D eigenvalue weighted by atomic mass is 32.2. The maximum atomic E-state index is 12.2. The van der Waals surface area contributed by atoms with Crippen LogP contribution in [0, 0.1) is 0 Å². The Labute approximate surface area is 134 Å². The summed E-state index contributed by atoms with van der Waals surface area (Å²) >= 11 is 0. The van der Waals surface area contributed by atoms with Gasteiger partial charge in [-0.1, -0.05) is 0 Å². The van der Waals surface area contributed by atoms with Crippen LogP contribution in [0.1, 0.15) is 12.8 Å². The van der Waals surface area contributed by atoms with Gasteiger partial charge in [0, 0.05) is 0 Å². The first-order chi connectivity index (χ1) is 10.8. The summed E-state index contributed by atoms with van der Waals surface area (Å²) in [6.45, 7) is 0.316. The molecule has 0 saturated carbocycles. The maximum absolute atomic E-state index is 12.2. The van der Waals surface area contributed by atoms with E-state index in [0.717, 1.165) is 0 Å². The maximum Gasteiger partial charge on any atom is 0.338 e. The number of sulfonamides is 1. The average molecular weight is 344 g/mol. The lowest BCUT2D eigenvalue weighted by molar-refractivity contribution is -0.459. The van der Waals surface area contributed by atoms with Gasteiger partial charge in [-0.3, -0.25) is 16.5 Å². The summed E-state index contributed by atoms with van der Waals surface area (Å²) in [5, 5.41) is 11.1. The number of aliphatic carboxylic acids is 1. The van der Waals surface area contributed by atoms with E-state index in [-0.39, 0.29) is 17.3 Å². The zero-order valence-corrected chi connectivity index (χ0v) is 13.4. The number of carboxylic acid groups (broad SMARTS) is 1. The van der Waals surface area contributed by atoms with E-state index in [9.17, 15) is 18.3 Å². The molecule has 1 aromatic rings. The summed E-state index contributed by atoms with van der Waals surface area (Å²) in [5.74, 6) is -1.01. The number of benzene rings is 1. The average Bonchev–Trinajstić information content (AvgIpc) is 2.49. The summed E-state index contributed by atoms with van der Waals surface area (Å²) in [6.07, 6.45) is 0.361. The van der Waals surface area contributed by atoms with Gasteiger partial charge in [-0.2, -0.15) is 0 Å². The standard InChI is InChI=1S/C13H20N4O5S/c1-22-9-4-6-10(7-5-9)23(20,21)17-11(12(18)19)3-2-8-16-13(14)15/h4-7,11,17H,2-3,8H2,1H3,(H,18,19)(H4,14,15,16)/t11-/m0/s1. The molecule has 0 saturated heterocycles. The lowest BCUT2D eigenvalue weighted by Crippen LogP contribution is -2.78. The van der Waals surface area contributed by atoms with Crippen LogP contribution in [0.25, 0.3) is 0 Å². The van der Waals surface area contributed by atoms with Crippen molar-refractivity contribution in [3.05, 3.63) is 24.3 Å². The number of ether oxygens (including phenoxy) is 1. The highest BCUT2D eigenvalue weighted by Crippen LogP contribution is 2.16. The normalized spacial score (nSPS) is 12.4. The van der Waals surface area contributed by atoms with Crippen LogP contribution < -0.4 is 31.0 Å². The fraction of sp³-hybridized carbons (Fsp3) is 0.385. The highest BCUT2D eigenvalue weighted by Gasteiger charge is 2.20. The minimum absolute atomic E-state index is 0.00816. The third-order valence-electron chi connectivity index (χ3n) is 2.95. The number of rotatable bonds is 9. The van der Waals surface area contributed by atoms with Gasteiger partial charge >= 0.3 is 5.96 Å². The molecule has 0 radical (unpaired) electrons. The smallest absolute Gasteiger partial charge is 0.338 e. The monoisotopic (exact) mass is 344 g/mol. The quantitative estimate of drug-likeness (QED) is 0.203. The molecule has 1 aromatic carbocycles. The molecular formula is C13H20N4O5S.